The molecule has 0 aliphatic carbocycles. The molecule has 0 heterocycles. The summed E-state index contributed by atoms with van der Waals surface area (Å²) in [6.45, 7) is 0.481. The molecule has 5 nitrogen and oxygen atoms in total. The molecule has 0 aliphatic rings. The molecule has 0 unspecified atom stereocenters. The van der Waals surface area contributed by atoms with Crippen LogP contribution in [0.2, 0.25) is 0 Å². The molecule has 0 aliphatic heterocycles. The number of benzene rings is 3. The summed E-state index contributed by atoms with van der Waals surface area (Å²) in [6.07, 6.45) is 1.76. The number of nitro groups is 1. The number of nitriles is 1. The van der Waals surface area contributed by atoms with Crippen LogP contribution in [0.3, 0.4) is 0 Å². The summed E-state index contributed by atoms with van der Waals surface area (Å²) in [4.78, 5) is 10.3. The molecule has 0 aromatic heterocycles. The van der Waals surface area contributed by atoms with E-state index in [9.17, 15) is 15.4 Å². The van der Waals surface area contributed by atoms with E-state index in [0.29, 0.717) is 17.7 Å². The predicted molar refractivity (Wildman–Crippen MR) is 129 cm³/mol. The van der Waals surface area contributed by atoms with Gasteiger partial charge in [-0.25, -0.2) is 0 Å². The Morgan fingerprint density at radius 2 is 1.76 bits per heavy atom. The first kappa shape index (κ1) is 21.3. The fourth-order valence-corrected chi connectivity index (χ4v) is 3.63. The number of ether oxygens (including phenoxy) is 1. The van der Waals surface area contributed by atoms with E-state index in [1.165, 1.54) is 15.7 Å². The first-order chi connectivity index (χ1) is 14.0. The molecule has 0 amide bonds. The SMILES string of the molecule is N#C/C(=C/c1ccc(OCc2ccc(I)cc2)c(I)c1)c1ccc([N+](=O)[O-])cc1. The molecule has 0 bridgehead atoms. The average molecular weight is 608 g/mol. The summed E-state index contributed by atoms with van der Waals surface area (Å²) in [7, 11) is 0. The van der Waals surface area contributed by atoms with Crippen LogP contribution in [0.5, 0.6) is 5.75 Å². The minimum absolute atomic E-state index is 0.00443. The van der Waals surface area contributed by atoms with E-state index in [0.717, 1.165) is 20.4 Å². The van der Waals surface area contributed by atoms with Crippen LogP contribution in [0.25, 0.3) is 11.6 Å². The molecule has 29 heavy (non-hydrogen) atoms. The van der Waals surface area contributed by atoms with Crippen molar-refractivity contribution >= 4 is 62.5 Å². The number of allylic oxidation sites excluding steroid dienone is 1. The first-order valence-electron chi connectivity index (χ1n) is 8.49. The molecule has 0 spiro atoms. The smallest absolute Gasteiger partial charge is 0.269 e. The van der Waals surface area contributed by atoms with Crippen LogP contribution in [-0.4, -0.2) is 4.92 Å². The van der Waals surface area contributed by atoms with E-state index < -0.39 is 4.92 Å². The molecule has 144 valence electrons. The molecule has 0 saturated heterocycles. The number of hydrogen-bond donors (Lipinski definition) is 0. The largest absolute Gasteiger partial charge is 0.488 e. The zero-order valence-electron chi connectivity index (χ0n) is 15.0. The van der Waals surface area contributed by atoms with Gasteiger partial charge in [0.05, 0.1) is 20.1 Å². The molecule has 3 aromatic carbocycles. The van der Waals surface area contributed by atoms with E-state index >= 15 is 0 Å². The Morgan fingerprint density at radius 3 is 2.34 bits per heavy atom. The molecule has 0 atom stereocenters. The second-order valence-corrected chi connectivity index (χ2v) is 8.49. The van der Waals surface area contributed by atoms with E-state index in [4.69, 9.17) is 4.74 Å². The minimum Gasteiger partial charge on any atom is -0.488 e. The molecule has 7 heteroatoms. The van der Waals surface area contributed by atoms with E-state index in [-0.39, 0.29) is 5.69 Å². The highest BCUT2D eigenvalue weighted by molar-refractivity contribution is 14.1. The van der Waals surface area contributed by atoms with Gasteiger partial charge >= 0.3 is 0 Å². The van der Waals surface area contributed by atoms with Crippen LogP contribution in [0.1, 0.15) is 16.7 Å². The molecule has 0 saturated carbocycles. The standard InChI is InChI=1S/C22H14I2N2O3/c23-19-6-1-15(2-7-19)14-29-22-10-3-16(12-21(22)24)11-18(13-25)17-4-8-20(9-5-17)26(27)28/h1-12H,14H2/b18-11-. The van der Waals surface area contributed by atoms with Crippen LogP contribution >= 0.6 is 45.2 Å². The number of rotatable bonds is 6. The molecular weight excluding hydrogens is 594 g/mol. The van der Waals surface area contributed by atoms with E-state index in [1.54, 1.807) is 18.2 Å². The number of nitro benzene ring substituents is 1. The van der Waals surface area contributed by atoms with Gasteiger partial charge in [0.25, 0.3) is 5.69 Å². The number of non-ortho nitro benzene ring substituents is 1. The van der Waals surface area contributed by atoms with Crippen molar-refractivity contribution in [3.05, 3.63) is 101 Å². The highest BCUT2D eigenvalue weighted by Crippen LogP contribution is 2.26. The van der Waals surface area contributed by atoms with Crippen molar-refractivity contribution in [2.75, 3.05) is 0 Å². The van der Waals surface area contributed by atoms with Crippen molar-refractivity contribution in [1.29, 1.82) is 5.26 Å². The van der Waals surface area contributed by atoms with Crippen molar-refractivity contribution in [3.8, 4) is 11.8 Å². The van der Waals surface area contributed by atoms with Gasteiger partial charge in [-0.05, 0) is 104 Å². The number of nitrogens with zero attached hydrogens (tertiary/aromatic N) is 2. The highest BCUT2D eigenvalue weighted by Gasteiger charge is 2.08. The summed E-state index contributed by atoms with van der Waals surface area (Å²) in [5, 5.41) is 20.3. The Morgan fingerprint density at radius 1 is 1.07 bits per heavy atom. The van der Waals surface area contributed by atoms with Gasteiger partial charge in [0.2, 0.25) is 0 Å². The Hall–Kier alpha value is -2.45. The lowest BCUT2D eigenvalue weighted by Crippen LogP contribution is -1.97. The van der Waals surface area contributed by atoms with Crippen LogP contribution in [0.4, 0.5) is 5.69 Å². The van der Waals surface area contributed by atoms with Crippen LogP contribution in [-0.2, 0) is 6.61 Å². The zero-order chi connectivity index (χ0) is 20.8. The van der Waals surface area contributed by atoms with Crippen molar-refractivity contribution < 1.29 is 9.66 Å². The maximum Gasteiger partial charge on any atom is 0.269 e. The zero-order valence-corrected chi connectivity index (χ0v) is 19.3. The summed E-state index contributed by atoms with van der Waals surface area (Å²) in [6, 6.07) is 22.0. The second-order valence-electron chi connectivity index (χ2n) is 6.08. The monoisotopic (exact) mass is 608 g/mol. The minimum atomic E-state index is -0.461. The Balaban J connectivity index is 1.76. The molecule has 0 radical (unpaired) electrons. The third-order valence-electron chi connectivity index (χ3n) is 4.08. The number of halogens is 2. The fraction of sp³-hybridized carbons (Fsp3) is 0.0455. The molecule has 3 aromatic rings. The third-order valence-corrected chi connectivity index (χ3v) is 5.65. The lowest BCUT2D eigenvalue weighted by molar-refractivity contribution is -0.384. The van der Waals surface area contributed by atoms with Gasteiger partial charge in [0.15, 0.2) is 0 Å². The van der Waals surface area contributed by atoms with Crippen LogP contribution < -0.4 is 4.74 Å². The van der Waals surface area contributed by atoms with Gasteiger partial charge in [-0.3, -0.25) is 10.1 Å². The van der Waals surface area contributed by atoms with Crippen LogP contribution in [0.15, 0.2) is 66.7 Å². The molecule has 3 rings (SSSR count). The summed E-state index contributed by atoms with van der Waals surface area (Å²) >= 11 is 4.47. The van der Waals surface area contributed by atoms with Gasteiger partial charge in [0, 0.05) is 15.7 Å². The maximum atomic E-state index is 10.8. The molecule has 0 fully saturated rings. The van der Waals surface area contributed by atoms with Crippen molar-refractivity contribution in [1.82, 2.24) is 0 Å². The van der Waals surface area contributed by atoms with Crippen molar-refractivity contribution in [2.24, 2.45) is 0 Å². The van der Waals surface area contributed by atoms with Crippen molar-refractivity contribution in [3.63, 3.8) is 0 Å². The maximum absolute atomic E-state index is 10.8. The lowest BCUT2D eigenvalue weighted by atomic mass is 10.0. The Labute approximate surface area is 195 Å². The van der Waals surface area contributed by atoms with Crippen LogP contribution in [0, 0.1) is 28.6 Å². The van der Waals surface area contributed by atoms with Gasteiger partial charge < -0.3 is 4.74 Å². The highest BCUT2D eigenvalue weighted by atomic mass is 127. The van der Waals surface area contributed by atoms with Gasteiger partial charge in [-0.2, -0.15) is 5.26 Å². The van der Waals surface area contributed by atoms with E-state index in [2.05, 4.69) is 51.3 Å². The Kier molecular flexibility index (Phi) is 7.22. The van der Waals surface area contributed by atoms with Gasteiger partial charge in [0.1, 0.15) is 12.4 Å². The third kappa shape index (κ3) is 5.77. The number of hydrogen-bond acceptors (Lipinski definition) is 4. The lowest BCUT2D eigenvalue weighted by Gasteiger charge is -2.09. The second kappa shape index (κ2) is 9.84. The summed E-state index contributed by atoms with van der Waals surface area (Å²) in [5.41, 5.74) is 3.01. The average Bonchev–Trinajstić information content (AvgIpc) is 2.72. The van der Waals surface area contributed by atoms with Gasteiger partial charge in [-0.1, -0.05) is 18.2 Å². The molecular formula is C22H14I2N2O3. The normalized spacial score (nSPS) is 11.0. The fourth-order valence-electron chi connectivity index (χ4n) is 2.58. The van der Waals surface area contributed by atoms with Crippen molar-refractivity contribution in [2.45, 2.75) is 6.61 Å². The topological polar surface area (TPSA) is 76.2 Å². The first-order valence-corrected chi connectivity index (χ1v) is 10.7. The predicted octanol–water partition coefficient (Wildman–Crippen LogP) is 6.45. The summed E-state index contributed by atoms with van der Waals surface area (Å²) < 4.78 is 8.02. The quantitative estimate of drug-likeness (QED) is 0.106. The Bertz CT molecular complexity index is 1100. The van der Waals surface area contributed by atoms with E-state index in [1.807, 2.05) is 42.5 Å². The summed E-state index contributed by atoms with van der Waals surface area (Å²) in [5.74, 6) is 0.773. The van der Waals surface area contributed by atoms with Gasteiger partial charge in [-0.15, -0.1) is 0 Å². The molecule has 0 N–H and O–H groups in total.